The molecule has 2 aromatic rings. The molecule has 0 aromatic carbocycles. The molecule has 0 aliphatic carbocycles. The molecule has 10 heteroatoms. The Morgan fingerprint density at radius 2 is 2.12 bits per heavy atom. The van der Waals surface area contributed by atoms with Crippen molar-refractivity contribution >= 4 is 11.5 Å². The van der Waals surface area contributed by atoms with Crippen LogP contribution in [0.2, 0.25) is 0 Å². The van der Waals surface area contributed by atoms with E-state index in [1.807, 2.05) is 13.0 Å². The number of nitrogens with zero attached hydrogens (tertiary/aromatic N) is 4. The second-order valence-corrected chi connectivity index (χ2v) is 5.97. The minimum Gasteiger partial charge on any atom is -0.361 e. The largest absolute Gasteiger partial charge is 0.361 e. The molecule has 1 aliphatic heterocycles. The van der Waals surface area contributed by atoms with Crippen LogP contribution in [0.5, 0.6) is 0 Å². The van der Waals surface area contributed by atoms with E-state index in [2.05, 4.69) is 10.5 Å². The number of alkyl halides is 2. The lowest BCUT2D eigenvalue weighted by Gasteiger charge is -2.19. The number of unbranched alkanes of at least 4 members (excludes halogenated alkanes) is 1. The van der Waals surface area contributed by atoms with E-state index in [0.717, 1.165) is 20.6 Å². The molecule has 2 aromatic heterocycles. The zero-order valence-electron chi connectivity index (χ0n) is 14.0. The van der Waals surface area contributed by atoms with Crippen molar-refractivity contribution in [3.63, 3.8) is 0 Å². The molecule has 0 atom stereocenters. The molecule has 3 rings (SSSR count). The molecule has 8 nitrogen and oxygen atoms in total. The Kier molecular flexibility index (Phi) is 4.60. The van der Waals surface area contributed by atoms with E-state index in [4.69, 9.17) is 4.52 Å². The third kappa shape index (κ3) is 3.15. The standard InChI is InChI=1S/C15H19F2N5O3/c1-9-7-10(25-19-9)5-3-4-6-21-13(23)11-12(20(2)15(21)24)22(8-18-11)14(16)17/h7,14,18H,3-6,8H2,1-2H3. The molecule has 0 radical (unpaired) electrons. The summed E-state index contributed by atoms with van der Waals surface area (Å²) in [6, 6.07) is 1.84. The van der Waals surface area contributed by atoms with E-state index in [-0.39, 0.29) is 24.7 Å². The number of fused-ring (bicyclic) bond motifs is 1. The fraction of sp³-hybridized carbons (Fsp3) is 0.533. The lowest BCUT2D eigenvalue weighted by atomic mass is 10.2. The van der Waals surface area contributed by atoms with Gasteiger partial charge in [0.05, 0.1) is 12.4 Å². The van der Waals surface area contributed by atoms with Gasteiger partial charge in [-0.3, -0.25) is 18.8 Å². The Balaban J connectivity index is 1.76. The molecule has 136 valence electrons. The zero-order valence-corrected chi connectivity index (χ0v) is 14.0. The highest BCUT2D eigenvalue weighted by atomic mass is 19.3. The van der Waals surface area contributed by atoms with E-state index < -0.39 is 17.8 Å². The molecule has 0 amide bonds. The highest BCUT2D eigenvalue weighted by Gasteiger charge is 2.31. The maximum atomic E-state index is 13.0. The summed E-state index contributed by atoms with van der Waals surface area (Å²) in [6.45, 7) is -0.955. The van der Waals surface area contributed by atoms with Crippen LogP contribution in [0.3, 0.4) is 0 Å². The topological polar surface area (TPSA) is 85.3 Å². The highest BCUT2D eigenvalue weighted by Crippen LogP contribution is 2.28. The summed E-state index contributed by atoms with van der Waals surface area (Å²) >= 11 is 0. The molecule has 25 heavy (non-hydrogen) atoms. The van der Waals surface area contributed by atoms with Crippen molar-refractivity contribution in [2.75, 3.05) is 16.9 Å². The second kappa shape index (κ2) is 6.69. The van der Waals surface area contributed by atoms with Crippen LogP contribution in [-0.2, 0) is 20.0 Å². The number of aromatic nitrogens is 3. The number of halogens is 2. The van der Waals surface area contributed by atoms with Crippen LogP contribution in [0.1, 0.15) is 24.3 Å². The summed E-state index contributed by atoms with van der Waals surface area (Å²) in [5.41, 5.74) is -0.341. The van der Waals surface area contributed by atoms with E-state index in [1.54, 1.807) is 0 Å². The van der Waals surface area contributed by atoms with E-state index in [0.29, 0.717) is 24.2 Å². The lowest BCUT2D eigenvalue weighted by molar-refractivity contribution is 0.144. The Bertz CT molecular complexity index is 886. The first-order valence-corrected chi connectivity index (χ1v) is 7.95. The molecule has 0 saturated carbocycles. The van der Waals surface area contributed by atoms with Gasteiger partial charge in [0.25, 0.3) is 5.56 Å². The molecular weight excluding hydrogens is 336 g/mol. The van der Waals surface area contributed by atoms with Crippen LogP contribution in [-0.4, -0.2) is 27.5 Å². The molecule has 0 bridgehead atoms. The zero-order chi connectivity index (χ0) is 18.1. The van der Waals surface area contributed by atoms with Crippen LogP contribution in [0.25, 0.3) is 0 Å². The first-order valence-electron chi connectivity index (χ1n) is 7.95. The van der Waals surface area contributed by atoms with Crippen LogP contribution >= 0.6 is 0 Å². The third-order valence-corrected chi connectivity index (χ3v) is 4.18. The molecule has 1 N–H and O–H groups in total. The van der Waals surface area contributed by atoms with Gasteiger partial charge in [0.2, 0.25) is 0 Å². The van der Waals surface area contributed by atoms with Crippen LogP contribution in [0, 0.1) is 6.92 Å². The van der Waals surface area contributed by atoms with Crippen molar-refractivity contribution < 1.29 is 13.3 Å². The van der Waals surface area contributed by atoms with Gasteiger partial charge < -0.3 is 9.84 Å². The number of anilines is 2. The van der Waals surface area contributed by atoms with Crippen molar-refractivity contribution in [2.24, 2.45) is 7.05 Å². The lowest BCUT2D eigenvalue weighted by Crippen LogP contribution is -2.41. The van der Waals surface area contributed by atoms with Gasteiger partial charge in [-0.15, -0.1) is 0 Å². The number of hydrogen-bond donors (Lipinski definition) is 1. The number of aryl methyl sites for hydroxylation is 2. The summed E-state index contributed by atoms with van der Waals surface area (Å²) in [5.74, 6) is 0.680. The predicted molar refractivity (Wildman–Crippen MR) is 87.1 cm³/mol. The maximum Gasteiger partial charge on any atom is 0.332 e. The Morgan fingerprint density at radius 1 is 1.36 bits per heavy atom. The van der Waals surface area contributed by atoms with Crippen molar-refractivity contribution in [1.82, 2.24) is 14.3 Å². The van der Waals surface area contributed by atoms with Gasteiger partial charge >= 0.3 is 12.2 Å². The van der Waals surface area contributed by atoms with Crippen LogP contribution < -0.4 is 21.5 Å². The van der Waals surface area contributed by atoms with Gasteiger partial charge in [0, 0.05) is 26.1 Å². The van der Waals surface area contributed by atoms with Crippen molar-refractivity contribution in [1.29, 1.82) is 0 Å². The minimum atomic E-state index is -2.79. The highest BCUT2D eigenvalue weighted by molar-refractivity contribution is 5.70. The monoisotopic (exact) mass is 355 g/mol. The molecular formula is C15H19F2N5O3. The van der Waals surface area contributed by atoms with Crippen LogP contribution in [0.4, 0.5) is 20.3 Å². The minimum absolute atomic E-state index is 0.0354. The average Bonchev–Trinajstić information content (AvgIpc) is 3.18. The first kappa shape index (κ1) is 17.2. The molecule has 0 unspecified atom stereocenters. The first-order chi connectivity index (χ1) is 11.9. The Morgan fingerprint density at radius 3 is 2.76 bits per heavy atom. The normalized spacial score (nSPS) is 13.4. The summed E-state index contributed by atoms with van der Waals surface area (Å²) < 4.78 is 33.3. The summed E-state index contributed by atoms with van der Waals surface area (Å²) in [6.07, 6.45) is 1.93. The summed E-state index contributed by atoms with van der Waals surface area (Å²) in [5, 5.41) is 6.45. The number of rotatable bonds is 6. The molecule has 0 fully saturated rings. The Labute approximate surface area is 141 Å². The fourth-order valence-electron chi connectivity index (χ4n) is 2.95. The molecule has 3 heterocycles. The quantitative estimate of drug-likeness (QED) is 0.621. The van der Waals surface area contributed by atoms with Gasteiger partial charge in [0.15, 0.2) is 0 Å². The van der Waals surface area contributed by atoms with Crippen molar-refractivity contribution in [3.8, 4) is 0 Å². The van der Waals surface area contributed by atoms with Gasteiger partial charge in [-0.05, 0) is 19.8 Å². The van der Waals surface area contributed by atoms with E-state index in [1.165, 1.54) is 7.05 Å². The van der Waals surface area contributed by atoms with Gasteiger partial charge in [-0.25, -0.2) is 4.79 Å². The van der Waals surface area contributed by atoms with E-state index >= 15 is 0 Å². The number of nitrogens with one attached hydrogen (secondary N) is 1. The Hall–Kier alpha value is -2.65. The smallest absolute Gasteiger partial charge is 0.332 e. The van der Waals surface area contributed by atoms with Crippen molar-refractivity contribution in [3.05, 3.63) is 38.4 Å². The van der Waals surface area contributed by atoms with Crippen LogP contribution in [0.15, 0.2) is 20.2 Å². The van der Waals surface area contributed by atoms with Gasteiger partial charge in [-0.1, -0.05) is 5.16 Å². The molecule has 1 aliphatic rings. The molecule has 0 saturated heterocycles. The fourth-order valence-corrected chi connectivity index (χ4v) is 2.95. The predicted octanol–water partition coefficient (Wildman–Crippen LogP) is 1.28. The van der Waals surface area contributed by atoms with E-state index in [9.17, 15) is 18.4 Å². The van der Waals surface area contributed by atoms with Gasteiger partial charge in [0.1, 0.15) is 17.3 Å². The SMILES string of the molecule is Cc1cc(CCCCn2c(=O)c3c(n(C)c2=O)N(C(F)F)CN3)on1. The average molecular weight is 355 g/mol. The van der Waals surface area contributed by atoms with Gasteiger partial charge in [-0.2, -0.15) is 8.78 Å². The second-order valence-electron chi connectivity index (χ2n) is 5.97. The summed E-state index contributed by atoms with van der Waals surface area (Å²) in [4.78, 5) is 25.5. The maximum absolute atomic E-state index is 13.0. The van der Waals surface area contributed by atoms with Crippen molar-refractivity contribution in [2.45, 2.75) is 39.3 Å². The number of hydrogen-bond acceptors (Lipinski definition) is 6. The summed E-state index contributed by atoms with van der Waals surface area (Å²) in [7, 11) is 1.39. The third-order valence-electron chi connectivity index (χ3n) is 4.18. The molecule has 0 spiro atoms.